The number of amidine groups is 1. The lowest BCUT2D eigenvalue weighted by molar-refractivity contribution is 0.224. The van der Waals surface area contributed by atoms with Crippen LogP contribution in [0, 0.1) is 0 Å². The molecule has 1 unspecified atom stereocenters. The Morgan fingerprint density at radius 2 is 2.25 bits per heavy atom. The lowest BCUT2D eigenvalue weighted by Crippen LogP contribution is -2.49. The normalized spacial score (nSPS) is 29.0. The number of fused-ring (bicyclic) bond motifs is 1. The first kappa shape index (κ1) is 7.65. The molecular formula is C9H15N3. The fourth-order valence-electron chi connectivity index (χ4n) is 1.89. The molecular weight excluding hydrogens is 150 g/mol. The van der Waals surface area contributed by atoms with Gasteiger partial charge in [-0.15, -0.1) is 0 Å². The molecule has 1 saturated heterocycles. The third-order valence-electron chi connectivity index (χ3n) is 2.84. The first-order valence-corrected chi connectivity index (χ1v) is 4.38. The molecule has 66 valence electrons. The molecule has 0 aromatic heterocycles. The molecule has 3 heteroatoms. The maximum Gasteiger partial charge on any atom is 0.0965 e. The number of hydrogen-bond acceptors (Lipinski definition) is 3. The summed E-state index contributed by atoms with van der Waals surface area (Å²) in [5.74, 6) is 1.18. The predicted octanol–water partition coefficient (Wildman–Crippen LogP) is 0.548. The van der Waals surface area contributed by atoms with E-state index in [1.165, 1.54) is 11.5 Å². The van der Waals surface area contributed by atoms with E-state index in [2.05, 4.69) is 35.3 Å². The quantitative estimate of drug-likeness (QED) is 0.522. The van der Waals surface area contributed by atoms with Crippen molar-refractivity contribution in [3.8, 4) is 0 Å². The van der Waals surface area contributed by atoms with Crippen LogP contribution in [0.5, 0.6) is 0 Å². The summed E-state index contributed by atoms with van der Waals surface area (Å²) in [4.78, 5) is 9.00. The number of likely N-dealkylation sites (N-methyl/N-ethyl adjacent to an activating group) is 1. The molecule has 2 aliphatic heterocycles. The van der Waals surface area contributed by atoms with Gasteiger partial charge in [-0.3, -0.25) is 4.99 Å². The number of hydrogen-bond donors (Lipinski definition) is 0. The highest BCUT2D eigenvalue weighted by molar-refractivity contribution is 5.82. The van der Waals surface area contributed by atoms with E-state index >= 15 is 0 Å². The summed E-state index contributed by atoms with van der Waals surface area (Å²) in [6.07, 6.45) is 0. The van der Waals surface area contributed by atoms with Crippen LogP contribution in [-0.4, -0.2) is 48.4 Å². The van der Waals surface area contributed by atoms with Gasteiger partial charge in [-0.2, -0.15) is 0 Å². The van der Waals surface area contributed by atoms with Crippen molar-refractivity contribution in [1.29, 1.82) is 0 Å². The fourth-order valence-corrected chi connectivity index (χ4v) is 1.89. The van der Waals surface area contributed by atoms with Crippen LogP contribution in [0.2, 0.25) is 0 Å². The van der Waals surface area contributed by atoms with Gasteiger partial charge in [0.25, 0.3) is 0 Å². The van der Waals surface area contributed by atoms with E-state index in [0.717, 1.165) is 19.6 Å². The Morgan fingerprint density at radius 1 is 1.50 bits per heavy atom. The van der Waals surface area contributed by atoms with Crippen molar-refractivity contribution in [3.05, 3.63) is 12.3 Å². The molecule has 2 rings (SSSR count). The average Bonchev–Trinajstić information content (AvgIpc) is 2.41. The second-order valence-corrected chi connectivity index (χ2v) is 3.51. The van der Waals surface area contributed by atoms with Gasteiger partial charge in [0.1, 0.15) is 0 Å². The van der Waals surface area contributed by atoms with E-state index in [0.29, 0.717) is 6.04 Å². The average molecular weight is 165 g/mol. The first-order valence-electron chi connectivity index (χ1n) is 4.38. The monoisotopic (exact) mass is 165 g/mol. The van der Waals surface area contributed by atoms with Gasteiger partial charge >= 0.3 is 0 Å². The molecule has 0 N–H and O–H groups in total. The van der Waals surface area contributed by atoms with Gasteiger partial charge in [0.2, 0.25) is 0 Å². The van der Waals surface area contributed by atoms with Gasteiger partial charge < -0.3 is 9.80 Å². The number of rotatable bonds is 0. The summed E-state index contributed by atoms with van der Waals surface area (Å²) in [6.45, 7) is 9.23. The van der Waals surface area contributed by atoms with Gasteiger partial charge in [-0.05, 0) is 6.92 Å². The van der Waals surface area contributed by atoms with Crippen LogP contribution in [0.15, 0.2) is 17.3 Å². The Morgan fingerprint density at radius 3 is 3.00 bits per heavy atom. The summed E-state index contributed by atoms with van der Waals surface area (Å²) < 4.78 is 0. The fraction of sp³-hybridized carbons (Fsp3) is 0.667. The zero-order chi connectivity index (χ0) is 8.72. The number of nitrogens with zero attached hydrogens (tertiary/aromatic N) is 3. The molecule has 0 amide bonds. The lowest BCUT2D eigenvalue weighted by atomic mass is 10.1. The molecule has 12 heavy (non-hydrogen) atoms. The molecule has 0 aromatic carbocycles. The van der Waals surface area contributed by atoms with E-state index in [1.807, 2.05) is 0 Å². The van der Waals surface area contributed by atoms with Crippen LogP contribution >= 0.6 is 0 Å². The van der Waals surface area contributed by atoms with Crippen LogP contribution in [0.3, 0.4) is 0 Å². The van der Waals surface area contributed by atoms with Crippen LogP contribution in [0.25, 0.3) is 0 Å². The van der Waals surface area contributed by atoms with Crippen molar-refractivity contribution >= 4 is 5.84 Å². The summed E-state index contributed by atoms with van der Waals surface area (Å²) in [7, 11) is 2.10. The van der Waals surface area contributed by atoms with E-state index < -0.39 is 0 Å². The minimum Gasteiger partial charge on any atom is -0.375 e. The molecule has 0 bridgehead atoms. The van der Waals surface area contributed by atoms with Crippen molar-refractivity contribution in [2.24, 2.45) is 4.99 Å². The third kappa shape index (κ3) is 0.924. The Labute approximate surface area is 73.4 Å². The third-order valence-corrected chi connectivity index (χ3v) is 2.84. The maximum absolute atomic E-state index is 4.42. The molecule has 3 nitrogen and oxygen atoms in total. The molecule has 2 aliphatic rings. The topological polar surface area (TPSA) is 18.8 Å². The van der Waals surface area contributed by atoms with E-state index in [1.54, 1.807) is 0 Å². The standard InChI is InChI=1S/C9H15N3/c1-7-9-6-10-8(2)12(9)5-4-11(7)3/h9H,1,4-6H2,2-3H3. The Kier molecular flexibility index (Phi) is 1.60. The summed E-state index contributed by atoms with van der Waals surface area (Å²) in [6, 6.07) is 0.448. The number of aliphatic imine (C=N–C) groups is 1. The van der Waals surface area contributed by atoms with Gasteiger partial charge in [0, 0.05) is 25.8 Å². The Balaban J connectivity index is 2.18. The highest BCUT2D eigenvalue weighted by Crippen LogP contribution is 2.22. The molecule has 0 saturated carbocycles. The zero-order valence-electron chi connectivity index (χ0n) is 7.75. The van der Waals surface area contributed by atoms with Crippen molar-refractivity contribution in [2.45, 2.75) is 13.0 Å². The van der Waals surface area contributed by atoms with Crippen molar-refractivity contribution in [3.63, 3.8) is 0 Å². The lowest BCUT2D eigenvalue weighted by Gasteiger charge is -2.39. The van der Waals surface area contributed by atoms with E-state index in [9.17, 15) is 0 Å². The summed E-state index contributed by atoms with van der Waals surface area (Å²) in [5.41, 5.74) is 1.21. The maximum atomic E-state index is 4.42. The Bertz CT molecular complexity index is 244. The summed E-state index contributed by atoms with van der Waals surface area (Å²) >= 11 is 0. The SMILES string of the molecule is C=C1C2CN=C(C)N2CCN1C. The van der Waals surface area contributed by atoms with Crippen LogP contribution in [-0.2, 0) is 0 Å². The predicted molar refractivity (Wildman–Crippen MR) is 50.2 cm³/mol. The van der Waals surface area contributed by atoms with Crippen LogP contribution in [0.4, 0.5) is 0 Å². The van der Waals surface area contributed by atoms with E-state index in [4.69, 9.17) is 0 Å². The second kappa shape index (κ2) is 2.51. The second-order valence-electron chi connectivity index (χ2n) is 3.51. The minimum absolute atomic E-state index is 0.448. The molecule has 1 atom stereocenters. The van der Waals surface area contributed by atoms with Gasteiger partial charge in [-0.1, -0.05) is 6.58 Å². The van der Waals surface area contributed by atoms with E-state index in [-0.39, 0.29) is 0 Å². The largest absolute Gasteiger partial charge is 0.375 e. The van der Waals surface area contributed by atoms with Crippen LogP contribution < -0.4 is 0 Å². The molecule has 0 spiro atoms. The summed E-state index contributed by atoms with van der Waals surface area (Å²) in [5, 5.41) is 0. The van der Waals surface area contributed by atoms with Gasteiger partial charge in [-0.25, -0.2) is 0 Å². The molecule has 1 fully saturated rings. The molecule has 0 aliphatic carbocycles. The highest BCUT2D eigenvalue weighted by atomic mass is 15.3. The van der Waals surface area contributed by atoms with Crippen LogP contribution in [0.1, 0.15) is 6.92 Å². The molecule has 0 aromatic rings. The molecule has 2 heterocycles. The molecule has 0 radical (unpaired) electrons. The zero-order valence-corrected chi connectivity index (χ0v) is 7.75. The highest BCUT2D eigenvalue weighted by Gasteiger charge is 2.32. The van der Waals surface area contributed by atoms with Crippen molar-refractivity contribution in [2.75, 3.05) is 26.7 Å². The Hall–Kier alpha value is -0.990. The van der Waals surface area contributed by atoms with Gasteiger partial charge in [0.15, 0.2) is 0 Å². The minimum atomic E-state index is 0.448. The van der Waals surface area contributed by atoms with Gasteiger partial charge in [0.05, 0.1) is 18.4 Å². The van der Waals surface area contributed by atoms with Crippen molar-refractivity contribution < 1.29 is 0 Å². The smallest absolute Gasteiger partial charge is 0.0965 e. The van der Waals surface area contributed by atoms with Crippen molar-refractivity contribution in [1.82, 2.24) is 9.80 Å². The first-order chi connectivity index (χ1) is 5.70. The number of piperazine rings is 1.